The summed E-state index contributed by atoms with van der Waals surface area (Å²) >= 11 is 0. The zero-order valence-corrected chi connectivity index (χ0v) is 13.0. The van der Waals surface area contributed by atoms with Gasteiger partial charge in [-0.25, -0.2) is 4.39 Å². The topological polar surface area (TPSA) is 57.6 Å². The van der Waals surface area contributed by atoms with Crippen molar-refractivity contribution in [2.24, 2.45) is 11.3 Å². The van der Waals surface area contributed by atoms with Gasteiger partial charge in [0.05, 0.1) is 5.41 Å². The van der Waals surface area contributed by atoms with Crippen molar-refractivity contribution in [3.63, 3.8) is 0 Å². The van der Waals surface area contributed by atoms with E-state index in [4.69, 9.17) is 0 Å². The lowest BCUT2D eigenvalue weighted by atomic mass is 9.90. The summed E-state index contributed by atoms with van der Waals surface area (Å²) in [4.78, 5) is 25.3. The van der Waals surface area contributed by atoms with Crippen LogP contribution >= 0.6 is 0 Å². The van der Waals surface area contributed by atoms with Gasteiger partial charge in [0.1, 0.15) is 5.82 Å². The van der Waals surface area contributed by atoms with Crippen molar-refractivity contribution in [3.05, 3.63) is 35.6 Å². The standard InChI is InChI=1S/C17H22FNO3/c1-12(6-7-13-4-3-5-14(18)10-13)15(20)19-9-8-17(2,11-19)16(21)22/h3-5,10,12H,6-9,11H2,1-2H3,(H,21,22). The van der Waals surface area contributed by atoms with Crippen LogP contribution in [-0.2, 0) is 16.0 Å². The fourth-order valence-electron chi connectivity index (χ4n) is 2.83. The lowest BCUT2D eigenvalue weighted by molar-refractivity contribution is -0.147. The zero-order valence-electron chi connectivity index (χ0n) is 13.0. The third-order valence-electron chi connectivity index (χ3n) is 4.48. The molecule has 1 fully saturated rings. The average molecular weight is 307 g/mol. The number of halogens is 1. The first-order valence-electron chi connectivity index (χ1n) is 7.58. The van der Waals surface area contributed by atoms with E-state index in [1.807, 2.05) is 13.0 Å². The molecule has 1 aromatic rings. The second-order valence-electron chi connectivity index (χ2n) is 6.45. The number of nitrogens with zero attached hydrogens (tertiary/aromatic N) is 1. The summed E-state index contributed by atoms with van der Waals surface area (Å²) < 4.78 is 13.1. The number of benzene rings is 1. The smallest absolute Gasteiger partial charge is 0.311 e. The third kappa shape index (κ3) is 3.64. The number of rotatable bonds is 5. The molecule has 1 aromatic carbocycles. The van der Waals surface area contributed by atoms with Crippen molar-refractivity contribution >= 4 is 11.9 Å². The van der Waals surface area contributed by atoms with Gasteiger partial charge in [0.15, 0.2) is 0 Å². The number of carbonyl (C=O) groups is 2. The average Bonchev–Trinajstić information content (AvgIpc) is 2.88. The maximum Gasteiger partial charge on any atom is 0.311 e. The first kappa shape index (κ1) is 16.5. The van der Waals surface area contributed by atoms with Gasteiger partial charge in [-0.05, 0) is 43.9 Å². The number of hydrogen-bond acceptors (Lipinski definition) is 2. The van der Waals surface area contributed by atoms with E-state index in [-0.39, 0.29) is 24.2 Å². The summed E-state index contributed by atoms with van der Waals surface area (Å²) in [5, 5.41) is 9.22. The Kier molecular flexibility index (Phi) is 4.84. The van der Waals surface area contributed by atoms with E-state index in [0.29, 0.717) is 25.8 Å². The van der Waals surface area contributed by atoms with Gasteiger partial charge >= 0.3 is 5.97 Å². The fraction of sp³-hybridized carbons (Fsp3) is 0.529. The van der Waals surface area contributed by atoms with Crippen LogP contribution in [0.15, 0.2) is 24.3 Å². The number of amides is 1. The Hall–Kier alpha value is -1.91. The summed E-state index contributed by atoms with van der Waals surface area (Å²) in [5.41, 5.74) is 0.0363. The zero-order chi connectivity index (χ0) is 16.3. The van der Waals surface area contributed by atoms with Crippen LogP contribution in [0.1, 0.15) is 32.3 Å². The molecule has 0 aromatic heterocycles. The highest BCUT2D eigenvalue weighted by molar-refractivity contribution is 5.81. The molecule has 2 atom stereocenters. The minimum atomic E-state index is -0.852. The van der Waals surface area contributed by atoms with Gasteiger partial charge in [-0.3, -0.25) is 9.59 Å². The van der Waals surface area contributed by atoms with Gasteiger partial charge < -0.3 is 10.0 Å². The normalized spacial score (nSPS) is 22.6. The molecule has 0 spiro atoms. The lowest BCUT2D eigenvalue weighted by Crippen LogP contribution is -2.37. The lowest BCUT2D eigenvalue weighted by Gasteiger charge is -2.23. The van der Waals surface area contributed by atoms with Crippen LogP contribution in [0.3, 0.4) is 0 Å². The molecule has 120 valence electrons. The maximum absolute atomic E-state index is 13.1. The summed E-state index contributed by atoms with van der Waals surface area (Å²) in [6.45, 7) is 4.29. The molecule has 1 heterocycles. The molecule has 1 aliphatic heterocycles. The van der Waals surface area contributed by atoms with Gasteiger partial charge in [0.25, 0.3) is 0 Å². The van der Waals surface area contributed by atoms with Crippen LogP contribution in [0, 0.1) is 17.2 Å². The monoisotopic (exact) mass is 307 g/mol. The Morgan fingerprint density at radius 1 is 1.45 bits per heavy atom. The first-order valence-corrected chi connectivity index (χ1v) is 7.58. The van der Waals surface area contributed by atoms with E-state index in [9.17, 15) is 19.1 Å². The number of likely N-dealkylation sites (tertiary alicyclic amines) is 1. The van der Waals surface area contributed by atoms with Crippen molar-refractivity contribution in [2.75, 3.05) is 13.1 Å². The summed E-state index contributed by atoms with van der Waals surface area (Å²) in [6.07, 6.45) is 1.75. The number of aryl methyl sites for hydroxylation is 1. The molecule has 0 radical (unpaired) electrons. The van der Waals surface area contributed by atoms with E-state index in [1.165, 1.54) is 12.1 Å². The van der Waals surface area contributed by atoms with Crippen LogP contribution in [0.5, 0.6) is 0 Å². The van der Waals surface area contributed by atoms with Crippen LogP contribution < -0.4 is 0 Å². The highest BCUT2D eigenvalue weighted by Gasteiger charge is 2.42. The van der Waals surface area contributed by atoms with Gasteiger partial charge in [-0.2, -0.15) is 0 Å². The molecule has 0 bridgehead atoms. The quantitative estimate of drug-likeness (QED) is 0.910. The Balaban J connectivity index is 1.89. The molecule has 0 saturated carbocycles. The SMILES string of the molecule is CC(CCc1cccc(F)c1)C(=O)N1CCC(C)(C(=O)O)C1. The summed E-state index contributed by atoms with van der Waals surface area (Å²) in [5.74, 6) is -1.33. The van der Waals surface area contributed by atoms with Gasteiger partial charge in [-0.15, -0.1) is 0 Å². The molecule has 2 unspecified atom stereocenters. The number of aliphatic carboxylic acids is 1. The van der Waals surface area contributed by atoms with Gasteiger partial charge in [0, 0.05) is 19.0 Å². The Morgan fingerprint density at radius 2 is 2.18 bits per heavy atom. The molecule has 1 amide bonds. The second kappa shape index (κ2) is 6.46. The predicted octanol–water partition coefficient (Wildman–Crippen LogP) is 2.72. The first-order chi connectivity index (χ1) is 10.3. The van der Waals surface area contributed by atoms with Crippen molar-refractivity contribution in [2.45, 2.75) is 33.1 Å². The molecule has 1 saturated heterocycles. The summed E-state index contributed by atoms with van der Waals surface area (Å²) in [6, 6.07) is 6.39. The minimum Gasteiger partial charge on any atom is -0.481 e. The molecule has 4 nitrogen and oxygen atoms in total. The van der Waals surface area contributed by atoms with E-state index in [0.717, 1.165) is 5.56 Å². The number of hydrogen-bond donors (Lipinski definition) is 1. The Labute approximate surface area is 129 Å². The molecule has 1 aliphatic rings. The predicted molar refractivity (Wildman–Crippen MR) is 80.8 cm³/mol. The van der Waals surface area contributed by atoms with Crippen LogP contribution in [-0.4, -0.2) is 35.0 Å². The second-order valence-corrected chi connectivity index (χ2v) is 6.45. The largest absolute Gasteiger partial charge is 0.481 e. The fourth-order valence-corrected chi connectivity index (χ4v) is 2.83. The van der Waals surface area contributed by atoms with Crippen molar-refractivity contribution in [3.8, 4) is 0 Å². The molecular formula is C17H22FNO3. The van der Waals surface area contributed by atoms with Crippen molar-refractivity contribution < 1.29 is 19.1 Å². The highest BCUT2D eigenvalue weighted by atomic mass is 19.1. The highest BCUT2D eigenvalue weighted by Crippen LogP contribution is 2.31. The number of carboxylic acids is 1. The van der Waals surface area contributed by atoms with E-state index < -0.39 is 11.4 Å². The van der Waals surface area contributed by atoms with Crippen molar-refractivity contribution in [1.29, 1.82) is 0 Å². The van der Waals surface area contributed by atoms with Crippen LogP contribution in [0.2, 0.25) is 0 Å². The van der Waals surface area contributed by atoms with Gasteiger partial charge in [0.2, 0.25) is 5.91 Å². The molecule has 0 aliphatic carbocycles. The number of carboxylic acid groups (broad SMARTS) is 1. The molecule has 5 heteroatoms. The van der Waals surface area contributed by atoms with Crippen LogP contribution in [0.4, 0.5) is 4.39 Å². The van der Waals surface area contributed by atoms with Gasteiger partial charge in [-0.1, -0.05) is 19.1 Å². The Morgan fingerprint density at radius 3 is 2.77 bits per heavy atom. The number of carbonyl (C=O) groups excluding carboxylic acids is 1. The molecule has 2 rings (SSSR count). The molecule has 1 N–H and O–H groups in total. The van der Waals surface area contributed by atoms with E-state index in [2.05, 4.69) is 0 Å². The Bertz CT molecular complexity index is 575. The molecule has 22 heavy (non-hydrogen) atoms. The van der Waals surface area contributed by atoms with Crippen molar-refractivity contribution in [1.82, 2.24) is 4.90 Å². The van der Waals surface area contributed by atoms with E-state index >= 15 is 0 Å². The van der Waals surface area contributed by atoms with Crippen LogP contribution in [0.25, 0.3) is 0 Å². The summed E-state index contributed by atoms with van der Waals surface area (Å²) in [7, 11) is 0. The maximum atomic E-state index is 13.1. The molecular weight excluding hydrogens is 285 g/mol. The minimum absolute atomic E-state index is 0.0126. The van der Waals surface area contributed by atoms with E-state index in [1.54, 1.807) is 17.9 Å². The third-order valence-corrected chi connectivity index (χ3v) is 4.48.